The molecule has 3 aromatic rings. The van der Waals surface area contributed by atoms with Crippen LogP contribution in [-0.2, 0) is 11.2 Å². The molecule has 6 nitrogen and oxygen atoms in total. The summed E-state index contributed by atoms with van der Waals surface area (Å²) in [5.41, 5.74) is 3.12. The number of pyridine rings is 1. The van der Waals surface area contributed by atoms with Gasteiger partial charge in [0.1, 0.15) is 11.6 Å². The molecule has 1 fully saturated rings. The van der Waals surface area contributed by atoms with E-state index in [2.05, 4.69) is 22.4 Å². The summed E-state index contributed by atoms with van der Waals surface area (Å²) in [4.78, 5) is 17.4. The summed E-state index contributed by atoms with van der Waals surface area (Å²) in [5, 5.41) is 23.2. The molecule has 0 aliphatic heterocycles. The van der Waals surface area contributed by atoms with Crippen LogP contribution in [0.1, 0.15) is 50.2 Å². The first kappa shape index (κ1) is 20.3. The number of carbonyl (C=O) groups excluding carboxylic acids is 1. The Morgan fingerprint density at radius 3 is 2.73 bits per heavy atom. The zero-order chi connectivity index (χ0) is 21.1. The highest BCUT2D eigenvalue weighted by Gasteiger charge is 2.33. The lowest BCUT2D eigenvalue weighted by Crippen LogP contribution is -2.49. The summed E-state index contributed by atoms with van der Waals surface area (Å²) in [7, 11) is 0. The minimum absolute atomic E-state index is 0.136. The maximum absolute atomic E-state index is 12.7. The Morgan fingerprint density at radius 1 is 1.27 bits per heavy atom. The molecule has 2 aromatic heterocycles. The van der Waals surface area contributed by atoms with Crippen LogP contribution in [0.5, 0.6) is 0 Å². The first-order valence-electron chi connectivity index (χ1n) is 10.3. The summed E-state index contributed by atoms with van der Waals surface area (Å²) >= 11 is 1.42. The molecule has 1 aliphatic carbocycles. The van der Waals surface area contributed by atoms with Crippen molar-refractivity contribution < 1.29 is 4.79 Å². The van der Waals surface area contributed by atoms with Crippen LogP contribution in [0.3, 0.4) is 0 Å². The van der Waals surface area contributed by atoms with Gasteiger partial charge in [0.25, 0.3) is 0 Å². The fourth-order valence-electron chi connectivity index (χ4n) is 4.22. The van der Waals surface area contributed by atoms with E-state index in [0.717, 1.165) is 40.9 Å². The third kappa shape index (κ3) is 3.62. The molecule has 0 radical (unpaired) electrons. The summed E-state index contributed by atoms with van der Waals surface area (Å²) in [5.74, 6) is 0.0727. The summed E-state index contributed by atoms with van der Waals surface area (Å²) < 4.78 is 1.96. The van der Waals surface area contributed by atoms with Gasteiger partial charge in [-0.25, -0.2) is 4.98 Å². The predicted octanol–water partition coefficient (Wildman–Crippen LogP) is 4.36. The van der Waals surface area contributed by atoms with Crippen molar-refractivity contribution in [3.05, 3.63) is 41.5 Å². The van der Waals surface area contributed by atoms with Crippen molar-refractivity contribution in [2.45, 2.75) is 56.0 Å². The average molecular weight is 418 g/mol. The number of nitrogens with one attached hydrogen (secondary N) is 1. The number of nitrogens with zero attached hydrogens (tertiary/aromatic N) is 4. The van der Waals surface area contributed by atoms with Crippen LogP contribution in [0.4, 0.5) is 0 Å². The number of aryl methyl sites for hydroxylation is 1. The maximum Gasteiger partial charge on any atom is 0.231 e. The van der Waals surface area contributed by atoms with E-state index in [0.29, 0.717) is 30.5 Å². The van der Waals surface area contributed by atoms with Crippen molar-refractivity contribution in [3.8, 4) is 12.1 Å². The molecular formula is C23H23N5OS. The molecule has 0 atom stereocenters. The molecule has 1 saturated carbocycles. The van der Waals surface area contributed by atoms with Gasteiger partial charge in [-0.3, -0.25) is 9.20 Å². The Labute approximate surface area is 179 Å². The lowest BCUT2D eigenvalue weighted by atomic mass is 9.83. The first-order valence-corrected chi connectivity index (χ1v) is 11.3. The third-order valence-corrected chi connectivity index (χ3v) is 6.77. The van der Waals surface area contributed by atoms with Gasteiger partial charge in [-0.2, -0.15) is 10.5 Å². The van der Waals surface area contributed by atoms with E-state index in [1.165, 1.54) is 11.8 Å². The van der Waals surface area contributed by atoms with Crippen LogP contribution in [0.25, 0.3) is 16.7 Å². The second-order valence-corrected chi connectivity index (χ2v) is 8.69. The first-order chi connectivity index (χ1) is 14.6. The van der Waals surface area contributed by atoms with Crippen molar-refractivity contribution in [1.82, 2.24) is 14.7 Å². The van der Waals surface area contributed by atoms with Crippen LogP contribution in [0.2, 0.25) is 0 Å². The van der Waals surface area contributed by atoms with Gasteiger partial charge in [-0.1, -0.05) is 50.1 Å². The number of thioether (sulfide) groups is 1. The Balaban J connectivity index is 1.66. The van der Waals surface area contributed by atoms with Gasteiger partial charge in [0, 0.05) is 0 Å². The highest BCUT2D eigenvalue weighted by atomic mass is 32.2. The topological polar surface area (TPSA) is 94.0 Å². The van der Waals surface area contributed by atoms with Crippen molar-refractivity contribution in [3.63, 3.8) is 0 Å². The molecule has 1 amide bonds. The number of fused-ring (bicyclic) bond motifs is 3. The molecule has 152 valence electrons. The van der Waals surface area contributed by atoms with E-state index < -0.39 is 5.54 Å². The number of amides is 1. The fraction of sp³-hybridized carbons (Fsp3) is 0.391. The highest BCUT2D eigenvalue weighted by molar-refractivity contribution is 7.99. The minimum Gasteiger partial charge on any atom is -0.337 e. The van der Waals surface area contributed by atoms with Gasteiger partial charge < -0.3 is 5.32 Å². The quantitative estimate of drug-likeness (QED) is 0.623. The van der Waals surface area contributed by atoms with E-state index in [4.69, 9.17) is 0 Å². The van der Waals surface area contributed by atoms with Crippen LogP contribution in [0.15, 0.2) is 35.4 Å². The monoisotopic (exact) mass is 417 g/mol. The third-order valence-electron chi connectivity index (χ3n) is 5.77. The number of imidazole rings is 1. The molecular weight excluding hydrogens is 394 g/mol. The van der Waals surface area contributed by atoms with Crippen LogP contribution in [-0.4, -0.2) is 26.6 Å². The molecule has 1 aliphatic rings. The highest BCUT2D eigenvalue weighted by Crippen LogP contribution is 2.31. The number of aromatic nitrogens is 2. The van der Waals surface area contributed by atoms with Gasteiger partial charge >= 0.3 is 0 Å². The summed E-state index contributed by atoms with van der Waals surface area (Å²) in [6.45, 7) is 2.01. The molecule has 0 saturated heterocycles. The Kier molecular flexibility index (Phi) is 5.65. The largest absolute Gasteiger partial charge is 0.337 e. The number of carbonyl (C=O) groups is 1. The number of benzene rings is 1. The average Bonchev–Trinajstić information content (AvgIpc) is 3.17. The van der Waals surface area contributed by atoms with Crippen molar-refractivity contribution in [2.24, 2.45) is 0 Å². The van der Waals surface area contributed by atoms with E-state index in [-0.39, 0.29) is 11.7 Å². The van der Waals surface area contributed by atoms with Crippen molar-refractivity contribution in [2.75, 3.05) is 5.75 Å². The zero-order valence-electron chi connectivity index (χ0n) is 16.9. The molecule has 0 unspecified atom stereocenters. The van der Waals surface area contributed by atoms with Crippen LogP contribution >= 0.6 is 11.8 Å². The number of nitriles is 2. The SMILES string of the molecule is CCc1cc(SCC(=O)NC2(C#N)CCCCC2)n2c(nc3ccccc32)c1C#N. The number of hydrogen-bond donors (Lipinski definition) is 1. The smallest absolute Gasteiger partial charge is 0.231 e. The second kappa shape index (κ2) is 8.38. The Morgan fingerprint density at radius 2 is 2.03 bits per heavy atom. The zero-order valence-corrected chi connectivity index (χ0v) is 17.8. The lowest BCUT2D eigenvalue weighted by Gasteiger charge is -2.31. The number of hydrogen-bond acceptors (Lipinski definition) is 5. The van der Waals surface area contributed by atoms with Crippen molar-refractivity contribution in [1.29, 1.82) is 10.5 Å². The van der Waals surface area contributed by atoms with Gasteiger partial charge in [0.15, 0.2) is 5.65 Å². The van der Waals surface area contributed by atoms with E-state index >= 15 is 0 Å². The molecule has 1 N–H and O–H groups in total. The molecule has 4 rings (SSSR count). The fourth-order valence-corrected chi connectivity index (χ4v) is 5.11. The van der Waals surface area contributed by atoms with Crippen molar-refractivity contribution >= 4 is 34.3 Å². The second-order valence-electron chi connectivity index (χ2n) is 7.70. The van der Waals surface area contributed by atoms with E-state index in [1.807, 2.05) is 41.7 Å². The maximum atomic E-state index is 12.7. The van der Waals surface area contributed by atoms with Gasteiger partial charge in [0.2, 0.25) is 5.91 Å². The number of para-hydroxylation sites is 2. The summed E-state index contributed by atoms with van der Waals surface area (Å²) in [6, 6.07) is 14.4. The predicted molar refractivity (Wildman–Crippen MR) is 117 cm³/mol. The number of rotatable bonds is 5. The van der Waals surface area contributed by atoms with Crippen LogP contribution in [0, 0.1) is 22.7 Å². The Bertz CT molecular complexity index is 1190. The minimum atomic E-state index is -0.730. The molecule has 7 heteroatoms. The lowest BCUT2D eigenvalue weighted by molar-refractivity contribution is -0.120. The molecule has 2 heterocycles. The normalized spacial score (nSPS) is 15.6. The molecule has 30 heavy (non-hydrogen) atoms. The molecule has 0 bridgehead atoms. The van der Waals surface area contributed by atoms with Crippen LogP contribution < -0.4 is 5.32 Å². The van der Waals surface area contributed by atoms with Gasteiger partial charge in [0.05, 0.1) is 33.4 Å². The standard InChI is InChI=1S/C23H23N5OS/c1-2-16-12-21(30-14-20(29)27-23(15-25)10-6-3-7-11-23)28-19-9-5-4-8-18(19)26-22(28)17(16)13-24/h4-5,8-9,12H,2-3,6-7,10-11,14H2,1H3,(H,27,29). The molecule has 0 spiro atoms. The van der Waals surface area contributed by atoms with Gasteiger partial charge in [-0.15, -0.1) is 0 Å². The van der Waals surface area contributed by atoms with Gasteiger partial charge in [-0.05, 0) is 43.0 Å². The Hall–Kier alpha value is -3.03. The summed E-state index contributed by atoms with van der Waals surface area (Å²) in [6.07, 6.45) is 5.20. The van der Waals surface area contributed by atoms with E-state index in [9.17, 15) is 15.3 Å². The molecule has 1 aromatic carbocycles. The van der Waals surface area contributed by atoms with E-state index in [1.54, 1.807) is 0 Å².